The van der Waals surface area contributed by atoms with Crippen molar-refractivity contribution in [2.75, 3.05) is 12.8 Å². The van der Waals surface area contributed by atoms with Crippen molar-refractivity contribution >= 4 is 26.7 Å². The first-order valence-corrected chi connectivity index (χ1v) is 8.65. The second-order valence-corrected chi connectivity index (χ2v) is 7.44. The van der Waals surface area contributed by atoms with Gasteiger partial charge in [-0.25, -0.2) is 0 Å². The third-order valence-corrected chi connectivity index (χ3v) is 5.51. The quantitative estimate of drug-likeness (QED) is 0.863. The van der Waals surface area contributed by atoms with Gasteiger partial charge in [-0.1, -0.05) is 35.0 Å². The summed E-state index contributed by atoms with van der Waals surface area (Å²) in [4.78, 5) is 0. The van der Waals surface area contributed by atoms with Gasteiger partial charge in [-0.15, -0.1) is 0 Å². The summed E-state index contributed by atoms with van der Waals surface area (Å²) in [5, 5.41) is 3.74. The minimum Gasteiger partial charge on any atom is -0.310 e. The molecule has 102 valence electrons. The fraction of sp³-hybridized carbons (Fsp3) is 0.571. The standard InChI is InChI=1S/C14H22BrNOS/c1-10-9-13(5-6-14(10)15)12(3)16-8-7-11(2)18(4)17/h5-6,9,11-12,16H,7-8H2,1-4H3/t11-,12+,18+/m1/s1. The van der Waals surface area contributed by atoms with E-state index in [0.717, 1.165) is 17.4 Å². The Kier molecular flexibility index (Phi) is 6.53. The maximum atomic E-state index is 11.2. The van der Waals surface area contributed by atoms with Gasteiger partial charge in [0.15, 0.2) is 0 Å². The highest BCUT2D eigenvalue weighted by atomic mass is 79.9. The molecule has 1 N–H and O–H groups in total. The van der Waals surface area contributed by atoms with Gasteiger partial charge in [0.1, 0.15) is 0 Å². The van der Waals surface area contributed by atoms with Crippen molar-refractivity contribution < 1.29 is 4.21 Å². The van der Waals surface area contributed by atoms with Gasteiger partial charge < -0.3 is 5.32 Å². The first-order valence-electron chi connectivity index (χ1n) is 6.23. The normalized spacial score (nSPS) is 16.3. The van der Waals surface area contributed by atoms with E-state index in [1.165, 1.54) is 11.1 Å². The highest BCUT2D eigenvalue weighted by Crippen LogP contribution is 2.21. The smallest absolute Gasteiger partial charge is 0.0329 e. The Balaban J connectivity index is 2.47. The molecule has 1 rings (SSSR count). The van der Waals surface area contributed by atoms with Crippen LogP contribution in [0.4, 0.5) is 0 Å². The molecule has 1 aromatic carbocycles. The van der Waals surface area contributed by atoms with Crippen molar-refractivity contribution in [1.82, 2.24) is 5.32 Å². The third-order valence-electron chi connectivity index (χ3n) is 3.25. The first kappa shape index (κ1) is 15.9. The molecule has 0 fully saturated rings. The number of rotatable bonds is 6. The van der Waals surface area contributed by atoms with Crippen molar-refractivity contribution in [1.29, 1.82) is 0 Å². The van der Waals surface area contributed by atoms with Crippen LogP contribution < -0.4 is 5.32 Å². The average Bonchev–Trinajstić information content (AvgIpc) is 2.32. The molecule has 0 aliphatic carbocycles. The fourth-order valence-electron chi connectivity index (χ4n) is 1.72. The van der Waals surface area contributed by atoms with Crippen LogP contribution >= 0.6 is 15.9 Å². The summed E-state index contributed by atoms with van der Waals surface area (Å²) >= 11 is 3.51. The highest BCUT2D eigenvalue weighted by molar-refractivity contribution is 9.10. The molecule has 0 aliphatic heterocycles. The van der Waals surface area contributed by atoms with Crippen molar-refractivity contribution in [3.8, 4) is 0 Å². The molecule has 3 atom stereocenters. The van der Waals surface area contributed by atoms with Gasteiger partial charge in [-0.2, -0.15) is 0 Å². The Labute approximate surface area is 121 Å². The van der Waals surface area contributed by atoms with E-state index in [9.17, 15) is 4.21 Å². The molecular formula is C14H22BrNOS. The molecule has 0 radical (unpaired) electrons. The van der Waals surface area contributed by atoms with E-state index in [4.69, 9.17) is 0 Å². The van der Waals surface area contributed by atoms with Crippen molar-refractivity contribution in [3.05, 3.63) is 33.8 Å². The van der Waals surface area contributed by atoms with E-state index < -0.39 is 10.8 Å². The molecule has 2 nitrogen and oxygen atoms in total. The Morgan fingerprint density at radius 2 is 2.06 bits per heavy atom. The zero-order chi connectivity index (χ0) is 13.7. The number of aryl methyl sites for hydroxylation is 1. The van der Waals surface area contributed by atoms with E-state index in [0.29, 0.717) is 6.04 Å². The number of nitrogens with one attached hydrogen (secondary N) is 1. The molecular weight excluding hydrogens is 310 g/mol. The summed E-state index contributed by atoms with van der Waals surface area (Å²) in [6.45, 7) is 7.20. The van der Waals surface area contributed by atoms with Crippen LogP contribution in [-0.2, 0) is 10.8 Å². The van der Waals surface area contributed by atoms with Gasteiger partial charge in [-0.3, -0.25) is 4.21 Å². The third kappa shape index (κ3) is 4.82. The van der Waals surface area contributed by atoms with Gasteiger partial charge >= 0.3 is 0 Å². The lowest BCUT2D eigenvalue weighted by Gasteiger charge is -2.16. The van der Waals surface area contributed by atoms with E-state index in [2.05, 4.69) is 53.3 Å². The molecule has 18 heavy (non-hydrogen) atoms. The molecule has 0 amide bonds. The van der Waals surface area contributed by atoms with Crippen molar-refractivity contribution in [3.63, 3.8) is 0 Å². The summed E-state index contributed by atoms with van der Waals surface area (Å²) in [5.41, 5.74) is 2.55. The Morgan fingerprint density at radius 3 is 2.61 bits per heavy atom. The summed E-state index contributed by atoms with van der Waals surface area (Å²) in [6, 6.07) is 6.75. The van der Waals surface area contributed by atoms with Crippen LogP contribution in [0.25, 0.3) is 0 Å². The first-order chi connectivity index (χ1) is 8.41. The zero-order valence-corrected chi connectivity index (χ0v) is 13.9. The van der Waals surface area contributed by atoms with E-state index >= 15 is 0 Å². The Bertz CT molecular complexity index is 422. The summed E-state index contributed by atoms with van der Waals surface area (Å²) in [6.07, 6.45) is 2.72. The SMILES string of the molecule is Cc1cc([C@H](C)NCC[C@@H](C)[S@](C)=O)ccc1Br. The van der Waals surface area contributed by atoms with Crippen molar-refractivity contribution in [2.45, 2.75) is 38.5 Å². The molecule has 0 saturated carbocycles. The van der Waals surface area contributed by atoms with Crippen LogP contribution in [0, 0.1) is 6.92 Å². The van der Waals surface area contributed by atoms with Crippen LogP contribution in [0.3, 0.4) is 0 Å². The van der Waals surface area contributed by atoms with Crippen molar-refractivity contribution in [2.24, 2.45) is 0 Å². The lowest BCUT2D eigenvalue weighted by molar-refractivity contribution is 0.553. The van der Waals surface area contributed by atoms with Gasteiger partial charge in [0.25, 0.3) is 0 Å². The van der Waals surface area contributed by atoms with Crippen LogP contribution in [0.2, 0.25) is 0 Å². The van der Waals surface area contributed by atoms with Gasteiger partial charge in [0.2, 0.25) is 0 Å². The Hall–Kier alpha value is -0.190. The second kappa shape index (κ2) is 7.41. The second-order valence-electron chi connectivity index (χ2n) is 4.78. The predicted molar refractivity (Wildman–Crippen MR) is 83.4 cm³/mol. The number of hydrogen-bond donors (Lipinski definition) is 1. The molecule has 0 unspecified atom stereocenters. The monoisotopic (exact) mass is 331 g/mol. The maximum absolute atomic E-state index is 11.2. The predicted octanol–water partition coefficient (Wildman–Crippen LogP) is 3.57. The van der Waals surface area contributed by atoms with E-state index in [-0.39, 0.29) is 5.25 Å². The molecule has 0 aromatic heterocycles. The molecule has 4 heteroatoms. The molecule has 0 heterocycles. The fourth-order valence-corrected chi connectivity index (χ4v) is 2.42. The van der Waals surface area contributed by atoms with Crippen LogP contribution in [0.1, 0.15) is 37.4 Å². The maximum Gasteiger partial charge on any atom is 0.0329 e. The number of hydrogen-bond acceptors (Lipinski definition) is 2. The zero-order valence-electron chi connectivity index (χ0n) is 11.5. The van der Waals surface area contributed by atoms with Crippen LogP contribution in [0.15, 0.2) is 22.7 Å². The van der Waals surface area contributed by atoms with Gasteiger partial charge in [0, 0.05) is 32.8 Å². The summed E-state index contributed by atoms with van der Waals surface area (Å²) < 4.78 is 12.4. The molecule has 0 aliphatic rings. The van der Waals surface area contributed by atoms with Gasteiger partial charge in [0.05, 0.1) is 0 Å². The molecule has 0 spiro atoms. The molecule has 1 aromatic rings. The minimum atomic E-state index is -0.722. The van der Waals surface area contributed by atoms with E-state index in [1.807, 2.05) is 6.92 Å². The lowest BCUT2D eigenvalue weighted by Crippen LogP contribution is -2.24. The summed E-state index contributed by atoms with van der Waals surface area (Å²) in [5.74, 6) is 0. The van der Waals surface area contributed by atoms with Crippen LogP contribution in [-0.4, -0.2) is 22.3 Å². The number of halogens is 1. The summed E-state index contributed by atoms with van der Waals surface area (Å²) in [7, 11) is -0.722. The minimum absolute atomic E-state index is 0.261. The lowest BCUT2D eigenvalue weighted by atomic mass is 10.1. The topological polar surface area (TPSA) is 29.1 Å². The Morgan fingerprint density at radius 1 is 1.39 bits per heavy atom. The molecule has 0 saturated heterocycles. The average molecular weight is 332 g/mol. The highest BCUT2D eigenvalue weighted by Gasteiger charge is 2.09. The number of benzene rings is 1. The van der Waals surface area contributed by atoms with E-state index in [1.54, 1.807) is 6.26 Å². The van der Waals surface area contributed by atoms with Crippen LogP contribution in [0.5, 0.6) is 0 Å². The molecule has 0 bridgehead atoms. The largest absolute Gasteiger partial charge is 0.310 e. The van der Waals surface area contributed by atoms with Gasteiger partial charge in [-0.05, 0) is 44.0 Å².